The maximum absolute atomic E-state index is 13.7. The van der Waals surface area contributed by atoms with Gasteiger partial charge in [0.2, 0.25) is 13.2 Å². The Morgan fingerprint density at radius 1 is 1.00 bits per heavy atom. The van der Waals surface area contributed by atoms with Crippen LogP contribution in [0.15, 0.2) is 90.1 Å². The van der Waals surface area contributed by atoms with E-state index >= 15 is 0 Å². The van der Waals surface area contributed by atoms with E-state index < -0.39 is 23.5 Å². The van der Waals surface area contributed by atoms with Gasteiger partial charge in [-0.3, -0.25) is 14.6 Å². The van der Waals surface area contributed by atoms with Gasteiger partial charge in [-0.2, -0.15) is 0 Å². The average Bonchev–Trinajstić information content (AvgIpc) is 3.61. The summed E-state index contributed by atoms with van der Waals surface area (Å²) < 4.78 is 22.1. The number of hydrogen-bond donors (Lipinski definition) is 1. The molecule has 0 radical (unpaired) electrons. The first-order valence-corrected chi connectivity index (χ1v) is 16.3. The molecule has 1 saturated heterocycles. The monoisotopic (exact) mass is 668 g/mol. The number of carbonyl (C=O) groups is 4. The number of nitrogens with one attached hydrogen (secondary N) is 1. The third-order valence-corrected chi connectivity index (χ3v) is 9.44. The topological polar surface area (TPSA) is 127 Å². The number of rotatable bonds is 12. The van der Waals surface area contributed by atoms with Gasteiger partial charge in [-0.25, -0.2) is 14.6 Å². The summed E-state index contributed by atoms with van der Waals surface area (Å²) in [6.07, 6.45) is 2.32. The Labute approximate surface area is 285 Å². The van der Waals surface area contributed by atoms with Crippen molar-refractivity contribution in [1.82, 2.24) is 20.2 Å². The second-order valence-electron chi connectivity index (χ2n) is 12.3. The lowest BCUT2D eigenvalue weighted by atomic mass is 9.72. The zero-order chi connectivity index (χ0) is 34.4. The summed E-state index contributed by atoms with van der Waals surface area (Å²) in [6, 6.07) is 22.7. The van der Waals surface area contributed by atoms with E-state index in [2.05, 4.69) is 10.2 Å². The number of fused-ring (bicyclic) bond motifs is 1. The van der Waals surface area contributed by atoms with Crippen LogP contribution in [-0.2, 0) is 35.9 Å². The van der Waals surface area contributed by atoms with E-state index in [1.54, 1.807) is 25.1 Å². The summed E-state index contributed by atoms with van der Waals surface area (Å²) in [5.41, 5.74) is 2.12. The van der Waals surface area contributed by atoms with Gasteiger partial charge in [0.25, 0.3) is 0 Å². The van der Waals surface area contributed by atoms with Crippen molar-refractivity contribution in [2.24, 2.45) is 0 Å². The number of likely N-dealkylation sites (tertiary alicyclic amines) is 1. The Kier molecular flexibility index (Phi) is 10.1. The number of hydrogen-bond acceptors (Lipinski definition) is 9. The molecule has 3 heterocycles. The molecule has 0 bridgehead atoms. The van der Waals surface area contributed by atoms with Crippen LogP contribution in [0.5, 0.6) is 11.5 Å². The predicted molar refractivity (Wildman–Crippen MR) is 178 cm³/mol. The van der Waals surface area contributed by atoms with E-state index in [0.29, 0.717) is 68.1 Å². The fourth-order valence-corrected chi connectivity index (χ4v) is 6.84. The second-order valence-corrected chi connectivity index (χ2v) is 12.3. The molecule has 3 aromatic carbocycles. The minimum atomic E-state index is -0.988. The largest absolute Gasteiger partial charge is 0.468 e. The Morgan fingerprint density at radius 3 is 2.39 bits per heavy atom. The summed E-state index contributed by atoms with van der Waals surface area (Å²) in [4.78, 5) is 55.3. The molecule has 1 fully saturated rings. The van der Waals surface area contributed by atoms with Crippen LogP contribution in [0.3, 0.4) is 0 Å². The molecule has 0 spiro atoms. The van der Waals surface area contributed by atoms with Gasteiger partial charge in [0.15, 0.2) is 11.5 Å². The van der Waals surface area contributed by atoms with Gasteiger partial charge in [-0.1, -0.05) is 66.7 Å². The molecule has 1 unspecified atom stereocenters. The summed E-state index contributed by atoms with van der Waals surface area (Å²) in [5.74, 6) is 0.152. The van der Waals surface area contributed by atoms with Crippen molar-refractivity contribution < 1.29 is 38.1 Å². The summed E-state index contributed by atoms with van der Waals surface area (Å²) in [7, 11) is 1.42. The van der Waals surface area contributed by atoms with Crippen LogP contribution in [-0.4, -0.2) is 79.4 Å². The number of nitrogens with zero attached hydrogens (tertiary/aromatic N) is 3. The highest BCUT2D eigenvalue weighted by Crippen LogP contribution is 2.41. The van der Waals surface area contributed by atoms with Crippen LogP contribution >= 0.6 is 0 Å². The fraction of sp³-hybridized carbons (Fsp3) is 0.351. The van der Waals surface area contributed by atoms with Gasteiger partial charge in [0.1, 0.15) is 12.6 Å². The minimum absolute atomic E-state index is 0.0347. The van der Waals surface area contributed by atoms with Crippen LogP contribution in [0.1, 0.15) is 48.9 Å². The quantitative estimate of drug-likeness (QED) is 0.220. The van der Waals surface area contributed by atoms with Crippen molar-refractivity contribution in [3.8, 4) is 11.5 Å². The zero-order valence-electron chi connectivity index (χ0n) is 27.6. The van der Waals surface area contributed by atoms with Crippen LogP contribution < -0.4 is 14.8 Å². The Bertz CT molecular complexity index is 1710. The van der Waals surface area contributed by atoms with E-state index in [1.165, 1.54) is 17.1 Å². The first kappa shape index (κ1) is 33.5. The lowest BCUT2D eigenvalue weighted by Gasteiger charge is -2.43. The van der Waals surface area contributed by atoms with Crippen LogP contribution in [0.25, 0.3) is 0 Å². The number of esters is 2. The number of piperidine rings is 1. The predicted octanol–water partition coefficient (Wildman–Crippen LogP) is 4.47. The molecule has 3 aliphatic rings. The second kappa shape index (κ2) is 14.8. The molecule has 1 N–H and O–H groups in total. The van der Waals surface area contributed by atoms with Gasteiger partial charge in [-0.05, 0) is 74.6 Å². The third-order valence-electron chi connectivity index (χ3n) is 9.44. The molecule has 0 aromatic heterocycles. The van der Waals surface area contributed by atoms with E-state index in [9.17, 15) is 19.2 Å². The summed E-state index contributed by atoms with van der Waals surface area (Å²) >= 11 is 0. The minimum Gasteiger partial charge on any atom is -0.468 e. The number of allylic oxidation sites excluding steroid dienone is 1. The van der Waals surface area contributed by atoms with Crippen LogP contribution in [0.2, 0.25) is 0 Å². The number of carbonyl (C=O) groups excluding carboxylic acids is 4. The molecule has 6 rings (SSSR count). The molecule has 3 aliphatic heterocycles. The fourth-order valence-electron chi connectivity index (χ4n) is 6.84. The van der Waals surface area contributed by atoms with Crippen molar-refractivity contribution in [2.75, 3.05) is 40.1 Å². The first-order valence-electron chi connectivity index (χ1n) is 16.3. The molecule has 256 valence electrons. The van der Waals surface area contributed by atoms with Crippen molar-refractivity contribution in [3.63, 3.8) is 0 Å². The molecule has 0 saturated carbocycles. The third kappa shape index (κ3) is 6.95. The highest BCUT2D eigenvalue weighted by Gasteiger charge is 2.44. The smallest absolute Gasteiger partial charge is 0.341 e. The van der Waals surface area contributed by atoms with Gasteiger partial charge in [0, 0.05) is 12.2 Å². The molecule has 12 nitrogen and oxygen atoms in total. The van der Waals surface area contributed by atoms with E-state index in [-0.39, 0.29) is 31.5 Å². The van der Waals surface area contributed by atoms with Gasteiger partial charge in [-0.15, -0.1) is 0 Å². The van der Waals surface area contributed by atoms with E-state index in [0.717, 1.165) is 11.1 Å². The normalized spacial score (nSPS) is 18.4. The molecule has 0 aliphatic carbocycles. The lowest BCUT2D eigenvalue weighted by Crippen LogP contribution is -2.56. The average molecular weight is 669 g/mol. The molecule has 1 atom stereocenters. The Hall–Kier alpha value is -5.36. The zero-order valence-corrected chi connectivity index (χ0v) is 27.6. The number of ether oxygens (including phenoxy) is 4. The highest BCUT2D eigenvalue weighted by atomic mass is 16.7. The summed E-state index contributed by atoms with van der Waals surface area (Å²) in [6.45, 7) is 3.87. The van der Waals surface area contributed by atoms with Crippen molar-refractivity contribution in [1.29, 1.82) is 0 Å². The molecular weight excluding hydrogens is 628 g/mol. The van der Waals surface area contributed by atoms with E-state index in [1.807, 2.05) is 60.7 Å². The number of amides is 3. The maximum atomic E-state index is 13.7. The molecule has 3 amide bonds. The van der Waals surface area contributed by atoms with Gasteiger partial charge < -0.3 is 29.2 Å². The van der Waals surface area contributed by atoms with Crippen LogP contribution in [0.4, 0.5) is 4.79 Å². The standard InChI is InChI=1S/C37H40N4O8/c1-26-32(34(43)47-23-27-10-5-3-6-11-27)33(28-14-15-30-31(22-28)49-25-48-30)41(36(45)38-26)40(24-42)19-9-18-39-20-16-37(17-21-39,35(44)46-2)29-12-7-4-8-13-29/h3-8,10-15,22,24,33H,9,16-21,23,25H2,1-2H3,(H,38,45). The molecular formula is C37H40N4O8. The highest BCUT2D eigenvalue weighted by molar-refractivity contribution is 5.95. The maximum Gasteiger partial charge on any atom is 0.341 e. The van der Waals surface area contributed by atoms with Gasteiger partial charge in [0.05, 0.1) is 18.1 Å². The van der Waals surface area contributed by atoms with Gasteiger partial charge >= 0.3 is 18.0 Å². The number of benzene rings is 3. The lowest BCUT2D eigenvalue weighted by molar-refractivity contribution is -0.149. The Morgan fingerprint density at radius 2 is 1.69 bits per heavy atom. The molecule has 49 heavy (non-hydrogen) atoms. The van der Waals surface area contributed by atoms with Crippen molar-refractivity contribution in [3.05, 3.63) is 107 Å². The molecule has 12 heteroatoms. The Balaban J connectivity index is 1.19. The van der Waals surface area contributed by atoms with Crippen LogP contribution in [0, 0.1) is 0 Å². The summed E-state index contributed by atoms with van der Waals surface area (Å²) in [5, 5.41) is 5.33. The van der Waals surface area contributed by atoms with E-state index in [4.69, 9.17) is 18.9 Å². The number of urea groups is 1. The number of hydrazine groups is 1. The first-order chi connectivity index (χ1) is 23.8. The molecule has 3 aromatic rings. The van der Waals surface area contributed by atoms with Crippen molar-refractivity contribution >= 4 is 24.4 Å². The SMILES string of the molecule is COC(=O)C1(c2ccccc2)CCN(CCCN(C=O)N2C(=O)NC(C)=C(C(=O)OCc3ccccc3)C2c2ccc3c(c2)OCO3)CC1. The number of methoxy groups -OCH3 is 1. The van der Waals surface area contributed by atoms with Crippen molar-refractivity contribution in [2.45, 2.75) is 44.2 Å².